The zero-order valence-corrected chi connectivity index (χ0v) is 11.3. The minimum Gasteiger partial charge on any atom is -0.389 e. The molecule has 0 bridgehead atoms. The second-order valence-electron chi connectivity index (χ2n) is 4.50. The van der Waals surface area contributed by atoms with Crippen molar-refractivity contribution in [3.8, 4) is 0 Å². The maximum atomic E-state index is 9.75. The SMILES string of the molecule is COCC(C)OCC(O)CNc1ccc(C)cc1. The van der Waals surface area contributed by atoms with Crippen molar-refractivity contribution in [3.63, 3.8) is 0 Å². The first-order valence-electron chi connectivity index (χ1n) is 6.21. The maximum absolute atomic E-state index is 9.75. The molecule has 1 rings (SSSR count). The summed E-state index contributed by atoms with van der Waals surface area (Å²) in [5.74, 6) is 0. The summed E-state index contributed by atoms with van der Waals surface area (Å²) in [6, 6.07) is 8.06. The van der Waals surface area contributed by atoms with E-state index in [1.54, 1.807) is 7.11 Å². The molecule has 2 N–H and O–H groups in total. The van der Waals surface area contributed by atoms with Gasteiger partial charge in [-0.25, -0.2) is 0 Å². The first-order chi connectivity index (χ1) is 8.61. The largest absolute Gasteiger partial charge is 0.389 e. The number of aryl methyl sites for hydroxylation is 1. The monoisotopic (exact) mass is 253 g/mol. The van der Waals surface area contributed by atoms with E-state index in [4.69, 9.17) is 9.47 Å². The predicted octanol–water partition coefficient (Wildman–Crippen LogP) is 1.82. The first kappa shape index (κ1) is 15.0. The van der Waals surface area contributed by atoms with Crippen molar-refractivity contribution in [2.45, 2.75) is 26.1 Å². The number of anilines is 1. The lowest BCUT2D eigenvalue weighted by Gasteiger charge is -2.16. The molecule has 0 aliphatic carbocycles. The Morgan fingerprint density at radius 1 is 1.22 bits per heavy atom. The van der Waals surface area contributed by atoms with Gasteiger partial charge in [0.15, 0.2) is 0 Å². The van der Waals surface area contributed by atoms with Crippen LogP contribution in [0.2, 0.25) is 0 Å². The van der Waals surface area contributed by atoms with E-state index in [0.29, 0.717) is 19.8 Å². The molecule has 0 aliphatic rings. The van der Waals surface area contributed by atoms with Crippen molar-refractivity contribution < 1.29 is 14.6 Å². The summed E-state index contributed by atoms with van der Waals surface area (Å²) in [5, 5.41) is 12.9. The Kier molecular flexibility index (Phi) is 6.72. The van der Waals surface area contributed by atoms with Gasteiger partial charge in [0.1, 0.15) is 0 Å². The molecule has 0 saturated heterocycles. The number of ether oxygens (including phenoxy) is 2. The summed E-state index contributed by atoms with van der Waals surface area (Å²) in [5.41, 5.74) is 2.22. The minimum atomic E-state index is -0.523. The summed E-state index contributed by atoms with van der Waals surface area (Å²) in [4.78, 5) is 0. The second-order valence-corrected chi connectivity index (χ2v) is 4.50. The highest BCUT2D eigenvalue weighted by atomic mass is 16.5. The zero-order chi connectivity index (χ0) is 13.4. The molecule has 18 heavy (non-hydrogen) atoms. The lowest BCUT2D eigenvalue weighted by Crippen LogP contribution is -2.28. The highest BCUT2D eigenvalue weighted by molar-refractivity contribution is 5.44. The number of methoxy groups -OCH3 is 1. The van der Waals surface area contributed by atoms with Crippen LogP contribution in [-0.2, 0) is 9.47 Å². The van der Waals surface area contributed by atoms with Crippen molar-refractivity contribution in [2.24, 2.45) is 0 Å². The molecule has 0 spiro atoms. The molecule has 0 heterocycles. The van der Waals surface area contributed by atoms with E-state index < -0.39 is 6.10 Å². The van der Waals surface area contributed by atoms with Crippen LogP contribution in [0.25, 0.3) is 0 Å². The lowest BCUT2D eigenvalue weighted by molar-refractivity contribution is -0.0282. The zero-order valence-electron chi connectivity index (χ0n) is 11.3. The number of hydrogen-bond donors (Lipinski definition) is 2. The topological polar surface area (TPSA) is 50.7 Å². The Morgan fingerprint density at radius 2 is 1.89 bits per heavy atom. The van der Waals surface area contributed by atoms with E-state index >= 15 is 0 Å². The van der Waals surface area contributed by atoms with E-state index in [1.165, 1.54) is 5.56 Å². The molecule has 0 fully saturated rings. The summed E-state index contributed by atoms with van der Waals surface area (Å²) >= 11 is 0. The lowest BCUT2D eigenvalue weighted by atomic mass is 10.2. The fourth-order valence-corrected chi connectivity index (χ4v) is 1.52. The quantitative estimate of drug-likeness (QED) is 0.742. The van der Waals surface area contributed by atoms with Crippen LogP contribution < -0.4 is 5.32 Å². The highest BCUT2D eigenvalue weighted by Crippen LogP contribution is 2.08. The van der Waals surface area contributed by atoms with Crippen LogP contribution in [0.15, 0.2) is 24.3 Å². The molecule has 0 radical (unpaired) electrons. The molecule has 4 heteroatoms. The van der Waals surface area contributed by atoms with Gasteiger partial charge in [0, 0.05) is 19.3 Å². The predicted molar refractivity (Wildman–Crippen MR) is 73.0 cm³/mol. The molecule has 0 aliphatic heterocycles. The molecule has 0 amide bonds. The van der Waals surface area contributed by atoms with Crippen LogP contribution in [0, 0.1) is 6.92 Å². The van der Waals surface area contributed by atoms with Gasteiger partial charge < -0.3 is 19.9 Å². The maximum Gasteiger partial charge on any atom is 0.0945 e. The van der Waals surface area contributed by atoms with Gasteiger partial charge in [-0.2, -0.15) is 0 Å². The number of hydrogen-bond acceptors (Lipinski definition) is 4. The number of benzene rings is 1. The van der Waals surface area contributed by atoms with Gasteiger partial charge in [0.05, 0.1) is 25.4 Å². The van der Waals surface area contributed by atoms with Crippen LogP contribution >= 0.6 is 0 Å². The van der Waals surface area contributed by atoms with E-state index in [1.807, 2.05) is 38.1 Å². The van der Waals surface area contributed by atoms with Crippen LogP contribution in [0.4, 0.5) is 5.69 Å². The Hall–Kier alpha value is -1.10. The van der Waals surface area contributed by atoms with Crippen LogP contribution in [0.1, 0.15) is 12.5 Å². The van der Waals surface area contributed by atoms with Crippen LogP contribution in [0.5, 0.6) is 0 Å². The summed E-state index contributed by atoms with van der Waals surface area (Å²) in [6.07, 6.45) is -0.519. The van der Waals surface area contributed by atoms with Gasteiger partial charge in [-0.05, 0) is 26.0 Å². The van der Waals surface area contributed by atoms with Gasteiger partial charge in [0.2, 0.25) is 0 Å². The molecule has 1 aromatic carbocycles. The third-order valence-electron chi connectivity index (χ3n) is 2.57. The smallest absolute Gasteiger partial charge is 0.0945 e. The van der Waals surface area contributed by atoms with Crippen molar-refractivity contribution in [3.05, 3.63) is 29.8 Å². The molecule has 102 valence electrons. The molecule has 4 nitrogen and oxygen atoms in total. The summed E-state index contributed by atoms with van der Waals surface area (Å²) in [7, 11) is 1.63. The third-order valence-corrected chi connectivity index (χ3v) is 2.57. The molecule has 0 aromatic heterocycles. The molecule has 2 atom stereocenters. The van der Waals surface area contributed by atoms with Crippen LogP contribution in [-0.4, -0.2) is 44.2 Å². The van der Waals surface area contributed by atoms with E-state index in [-0.39, 0.29) is 6.10 Å². The standard InChI is InChI=1S/C14H23NO3/c1-11-4-6-13(7-5-11)15-8-14(16)10-18-12(2)9-17-3/h4-7,12,14-16H,8-10H2,1-3H3. The molecule has 1 aromatic rings. The Bertz CT molecular complexity index is 326. The minimum absolute atomic E-state index is 0.00373. The molecular formula is C14H23NO3. The van der Waals surface area contributed by atoms with Crippen molar-refractivity contribution in [2.75, 3.05) is 32.2 Å². The van der Waals surface area contributed by atoms with Gasteiger partial charge >= 0.3 is 0 Å². The van der Waals surface area contributed by atoms with Crippen molar-refractivity contribution in [1.29, 1.82) is 0 Å². The average molecular weight is 253 g/mol. The third kappa shape index (κ3) is 6.00. The summed E-state index contributed by atoms with van der Waals surface area (Å²) in [6.45, 7) is 5.29. The van der Waals surface area contributed by atoms with Gasteiger partial charge in [-0.3, -0.25) is 0 Å². The Morgan fingerprint density at radius 3 is 2.50 bits per heavy atom. The van der Waals surface area contributed by atoms with Gasteiger partial charge in [-0.15, -0.1) is 0 Å². The molecule has 0 saturated carbocycles. The number of aliphatic hydroxyl groups excluding tert-OH is 1. The van der Waals surface area contributed by atoms with Gasteiger partial charge in [0.25, 0.3) is 0 Å². The number of rotatable bonds is 8. The summed E-state index contributed by atoms with van der Waals surface area (Å²) < 4.78 is 10.4. The van der Waals surface area contributed by atoms with Crippen molar-refractivity contribution >= 4 is 5.69 Å². The second kappa shape index (κ2) is 8.08. The molecular weight excluding hydrogens is 230 g/mol. The van der Waals surface area contributed by atoms with Crippen molar-refractivity contribution in [1.82, 2.24) is 0 Å². The van der Waals surface area contributed by atoms with Crippen LogP contribution in [0.3, 0.4) is 0 Å². The normalized spacial score (nSPS) is 14.2. The van der Waals surface area contributed by atoms with E-state index in [2.05, 4.69) is 5.32 Å². The number of aliphatic hydroxyl groups is 1. The Balaban J connectivity index is 2.20. The first-order valence-corrected chi connectivity index (χ1v) is 6.21. The van der Waals surface area contributed by atoms with E-state index in [9.17, 15) is 5.11 Å². The number of nitrogens with one attached hydrogen (secondary N) is 1. The fourth-order valence-electron chi connectivity index (χ4n) is 1.52. The average Bonchev–Trinajstić information content (AvgIpc) is 2.36. The molecule has 2 unspecified atom stereocenters. The van der Waals surface area contributed by atoms with E-state index in [0.717, 1.165) is 5.69 Å². The Labute approximate surface area is 109 Å². The van der Waals surface area contributed by atoms with Gasteiger partial charge in [-0.1, -0.05) is 17.7 Å². The fraction of sp³-hybridized carbons (Fsp3) is 0.571. The highest BCUT2D eigenvalue weighted by Gasteiger charge is 2.07.